The molecule has 0 spiro atoms. The van der Waals surface area contributed by atoms with Gasteiger partial charge in [-0.1, -0.05) is 13.3 Å². The molecule has 1 aliphatic heterocycles. The molecule has 136 valence electrons. The molecule has 3 heterocycles. The van der Waals surface area contributed by atoms with Crippen molar-refractivity contribution >= 4 is 11.7 Å². The Morgan fingerprint density at radius 3 is 2.69 bits per heavy atom. The van der Waals surface area contributed by atoms with Gasteiger partial charge in [0, 0.05) is 42.5 Å². The molecule has 2 aromatic heterocycles. The quantitative estimate of drug-likeness (QED) is 0.896. The number of pyridine rings is 1. The number of carbonyl (C=O) groups excluding carboxylic acids is 1. The largest absolute Gasteiger partial charge is 0.364 e. The van der Waals surface area contributed by atoms with E-state index in [1.54, 1.807) is 19.3 Å². The molecule has 1 N–H and O–H groups in total. The van der Waals surface area contributed by atoms with Crippen LogP contribution < -0.4 is 5.32 Å². The maximum Gasteiger partial charge on any atom is 0.219 e. The van der Waals surface area contributed by atoms with Gasteiger partial charge >= 0.3 is 0 Å². The Kier molecular flexibility index (Phi) is 4.34. The first-order valence-corrected chi connectivity index (χ1v) is 9.44. The van der Waals surface area contributed by atoms with E-state index in [-0.39, 0.29) is 11.4 Å². The molecule has 1 amide bonds. The minimum atomic E-state index is 0.0962. The van der Waals surface area contributed by atoms with Crippen molar-refractivity contribution in [2.24, 2.45) is 0 Å². The lowest BCUT2D eigenvalue weighted by molar-refractivity contribution is -0.129. The molecule has 6 heteroatoms. The van der Waals surface area contributed by atoms with Gasteiger partial charge in [-0.15, -0.1) is 0 Å². The van der Waals surface area contributed by atoms with E-state index < -0.39 is 0 Å². The van der Waals surface area contributed by atoms with Crippen molar-refractivity contribution in [1.29, 1.82) is 0 Å². The van der Waals surface area contributed by atoms with Crippen LogP contribution in [0.5, 0.6) is 0 Å². The number of rotatable bonds is 5. The minimum Gasteiger partial charge on any atom is -0.364 e. The third-order valence-electron chi connectivity index (χ3n) is 5.41. The zero-order chi connectivity index (χ0) is 18.1. The highest BCUT2D eigenvalue weighted by molar-refractivity contribution is 5.74. The number of fused-ring (bicyclic) bond motifs is 1. The average molecular weight is 351 g/mol. The normalized spacial score (nSPS) is 17.5. The van der Waals surface area contributed by atoms with E-state index in [4.69, 9.17) is 9.97 Å². The highest BCUT2D eigenvalue weighted by Gasteiger charge is 2.42. The fourth-order valence-electron chi connectivity index (χ4n) is 3.75. The Balaban J connectivity index is 1.74. The van der Waals surface area contributed by atoms with Gasteiger partial charge < -0.3 is 10.2 Å². The Bertz CT molecular complexity index is 816. The van der Waals surface area contributed by atoms with Crippen LogP contribution in [0.2, 0.25) is 0 Å². The summed E-state index contributed by atoms with van der Waals surface area (Å²) in [6, 6.07) is 3.85. The van der Waals surface area contributed by atoms with E-state index in [9.17, 15) is 4.79 Å². The van der Waals surface area contributed by atoms with Crippen molar-refractivity contribution in [3.05, 3.63) is 35.8 Å². The van der Waals surface area contributed by atoms with Crippen molar-refractivity contribution < 1.29 is 4.79 Å². The third kappa shape index (κ3) is 3.28. The monoisotopic (exact) mass is 351 g/mol. The van der Waals surface area contributed by atoms with Crippen LogP contribution in [0.1, 0.15) is 50.8 Å². The Hall–Kier alpha value is -2.50. The van der Waals surface area contributed by atoms with Gasteiger partial charge in [-0.05, 0) is 37.8 Å². The zero-order valence-electron chi connectivity index (χ0n) is 15.5. The number of carbonyl (C=O) groups is 1. The Morgan fingerprint density at radius 2 is 2.04 bits per heavy atom. The molecule has 1 aliphatic carbocycles. The summed E-state index contributed by atoms with van der Waals surface area (Å²) in [5.74, 6) is 1.75. The fourth-order valence-corrected chi connectivity index (χ4v) is 3.75. The smallest absolute Gasteiger partial charge is 0.219 e. The van der Waals surface area contributed by atoms with Crippen LogP contribution >= 0.6 is 0 Å². The Morgan fingerprint density at radius 1 is 1.27 bits per heavy atom. The van der Waals surface area contributed by atoms with Gasteiger partial charge in [-0.2, -0.15) is 0 Å². The maximum atomic E-state index is 11.8. The molecule has 26 heavy (non-hydrogen) atoms. The average Bonchev–Trinajstić information content (AvgIpc) is 3.41. The molecule has 0 radical (unpaired) electrons. The van der Waals surface area contributed by atoms with Gasteiger partial charge in [-0.25, -0.2) is 9.97 Å². The molecule has 0 unspecified atom stereocenters. The summed E-state index contributed by atoms with van der Waals surface area (Å²) < 4.78 is 0. The van der Waals surface area contributed by atoms with Crippen molar-refractivity contribution in [2.75, 3.05) is 11.9 Å². The zero-order valence-corrected chi connectivity index (χ0v) is 15.5. The number of nitrogens with zero attached hydrogens (tertiary/aromatic N) is 4. The number of hydrogen-bond acceptors (Lipinski definition) is 5. The van der Waals surface area contributed by atoms with Gasteiger partial charge in [-0.3, -0.25) is 9.78 Å². The lowest BCUT2D eigenvalue weighted by Crippen LogP contribution is -2.36. The lowest BCUT2D eigenvalue weighted by atomic mass is 10.0. The first-order chi connectivity index (χ1) is 12.6. The molecule has 1 fully saturated rings. The van der Waals surface area contributed by atoms with Crippen LogP contribution in [0, 0.1) is 0 Å². The SMILES string of the molecule is CCCC1(Nc2nc(-c3ccncc3)nc3c2CCN(C(C)=O)C3)CC1. The second-order valence-corrected chi connectivity index (χ2v) is 7.40. The molecular formula is C20H25N5O. The predicted octanol–water partition coefficient (Wildman–Crippen LogP) is 3.19. The fraction of sp³-hybridized carbons (Fsp3) is 0.500. The van der Waals surface area contributed by atoms with Crippen LogP contribution in [-0.4, -0.2) is 37.8 Å². The van der Waals surface area contributed by atoms with Gasteiger partial charge in [0.25, 0.3) is 0 Å². The number of hydrogen-bond donors (Lipinski definition) is 1. The van der Waals surface area contributed by atoms with E-state index in [2.05, 4.69) is 17.2 Å². The lowest BCUT2D eigenvalue weighted by Gasteiger charge is -2.30. The van der Waals surface area contributed by atoms with Crippen LogP contribution in [0.4, 0.5) is 5.82 Å². The standard InChI is InChI=1S/C20H25N5O/c1-3-7-20(8-9-20)24-19-16-6-12-25(14(2)26)13-17(16)22-18(23-19)15-4-10-21-11-5-15/h4-5,10-11H,3,6-9,12-13H2,1-2H3,(H,22,23,24). The third-order valence-corrected chi connectivity index (χ3v) is 5.41. The van der Waals surface area contributed by atoms with Gasteiger partial charge in [0.1, 0.15) is 5.82 Å². The van der Waals surface area contributed by atoms with Crippen LogP contribution in [0.15, 0.2) is 24.5 Å². The summed E-state index contributed by atoms with van der Waals surface area (Å²) in [5.41, 5.74) is 3.28. The van der Waals surface area contributed by atoms with E-state index in [0.717, 1.165) is 42.9 Å². The predicted molar refractivity (Wildman–Crippen MR) is 101 cm³/mol. The Labute approximate surface area is 154 Å². The molecule has 0 saturated heterocycles. The second-order valence-electron chi connectivity index (χ2n) is 7.40. The highest BCUT2D eigenvalue weighted by atomic mass is 16.2. The first kappa shape index (κ1) is 16.9. The summed E-state index contributed by atoms with van der Waals surface area (Å²) >= 11 is 0. The van der Waals surface area contributed by atoms with E-state index >= 15 is 0 Å². The topological polar surface area (TPSA) is 71.0 Å². The van der Waals surface area contributed by atoms with Crippen molar-refractivity contribution in [3.8, 4) is 11.4 Å². The molecule has 1 saturated carbocycles. The minimum absolute atomic E-state index is 0.0962. The van der Waals surface area contributed by atoms with Crippen LogP contribution in [0.3, 0.4) is 0 Å². The molecule has 4 rings (SSSR count). The van der Waals surface area contributed by atoms with Crippen molar-refractivity contribution in [1.82, 2.24) is 19.9 Å². The van der Waals surface area contributed by atoms with E-state index in [1.165, 1.54) is 18.4 Å². The van der Waals surface area contributed by atoms with Gasteiger partial charge in [0.2, 0.25) is 5.91 Å². The molecule has 0 bridgehead atoms. The number of aromatic nitrogens is 3. The molecule has 2 aromatic rings. The van der Waals surface area contributed by atoms with Gasteiger partial charge in [0.15, 0.2) is 5.82 Å². The second kappa shape index (κ2) is 6.67. The molecule has 6 nitrogen and oxygen atoms in total. The summed E-state index contributed by atoms with van der Waals surface area (Å²) in [6.45, 7) is 5.14. The number of anilines is 1. The molecule has 0 aromatic carbocycles. The van der Waals surface area contributed by atoms with Crippen molar-refractivity contribution in [2.45, 2.75) is 58.0 Å². The van der Waals surface area contributed by atoms with E-state index in [1.807, 2.05) is 17.0 Å². The van der Waals surface area contributed by atoms with Crippen molar-refractivity contribution in [3.63, 3.8) is 0 Å². The molecule has 2 aliphatic rings. The summed E-state index contributed by atoms with van der Waals surface area (Å²) in [6.07, 6.45) is 9.04. The van der Waals surface area contributed by atoms with Crippen LogP contribution in [-0.2, 0) is 17.8 Å². The van der Waals surface area contributed by atoms with E-state index in [0.29, 0.717) is 12.4 Å². The summed E-state index contributed by atoms with van der Waals surface area (Å²) in [7, 11) is 0. The molecule has 0 atom stereocenters. The number of amides is 1. The summed E-state index contributed by atoms with van der Waals surface area (Å²) in [4.78, 5) is 27.5. The maximum absolute atomic E-state index is 11.8. The van der Waals surface area contributed by atoms with Gasteiger partial charge in [0.05, 0.1) is 12.2 Å². The summed E-state index contributed by atoms with van der Waals surface area (Å²) in [5, 5.41) is 3.74. The first-order valence-electron chi connectivity index (χ1n) is 9.44. The number of nitrogens with one attached hydrogen (secondary N) is 1. The molecular weight excluding hydrogens is 326 g/mol. The van der Waals surface area contributed by atoms with Crippen LogP contribution in [0.25, 0.3) is 11.4 Å². The highest BCUT2D eigenvalue weighted by Crippen LogP contribution is 2.43.